The van der Waals surface area contributed by atoms with E-state index >= 15 is 0 Å². The quantitative estimate of drug-likeness (QED) is 0.593. The maximum Gasteiger partial charge on any atom is 0.243 e. The molecule has 0 aromatic heterocycles. The van der Waals surface area contributed by atoms with Crippen LogP contribution in [0.25, 0.3) is 0 Å². The fourth-order valence-corrected chi connectivity index (χ4v) is 0.879. The van der Waals surface area contributed by atoms with Gasteiger partial charge in [0.1, 0.15) is 0 Å². The summed E-state index contributed by atoms with van der Waals surface area (Å²) in [6, 6.07) is 0. The first-order valence-electron chi connectivity index (χ1n) is 4.03. The number of nitrogens with zero attached hydrogens (tertiary/aromatic N) is 2. The molecule has 0 spiro atoms. The Hall–Kier alpha value is -0.810. The molecule has 0 aromatic rings. The largest absolute Gasteiger partial charge is 0.441 e. The van der Waals surface area contributed by atoms with Crippen molar-refractivity contribution in [2.24, 2.45) is 5.10 Å². The molecule has 0 saturated carbocycles. The highest BCUT2D eigenvalue weighted by Gasteiger charge is 2.13. The Bertz CT molecular complexity index is 169. The van der Waals surface area contributed by atoms with Crippen LogP contribution in [-0.4, -0.2) is 44.3 Å². The Morgan fingerprint density at radius 1 is 1.67 bits per heavy atom. The smallest absolute Gasteiger partial charge is 0.243 e. The van der Waals surface area contributed by atoms with Crippen LogP contribution in [0, 0.1) is 0 Å². The summed E-state index contributed by atoms with van der Waals surface area (Å²) < 4.78 is 5.25. The summed E-state index contributed by atoms with van der Waals surface area (Å²) in [5.74, 6) is 0.678. The summed E-state index contributed by atoms with van der Waals surface area (Å²) in [6.07, 6.45) is -0.148. The maximum atomic E-state index is 5.25. The summed E-state index contributed by atoms with van der Waals surface area (Å²) in [5, 5.41) is 7.04. The second-order valence-corrected chi connectivity index (χ2v) is 3.02. The van der Waals surface area contributed by atoms with E-state index in [1.165, 1.54) is 0 Å². The first kappa shape index (κ1) is 9.28. The average molecular weight is 172 g/mol. The fraction of sp³-hybridized carbons (Fsp3) is 0.857. The van der Waals surface area contributed by atoms with Crippen LogP contribution in [0.1, 0.15) is 6.92 Å². The third-order valence-electron chi connectivity index (χ3n) is 1.52. The van der Waals surface area contributed by atoms with E-state index in [0.717, 1.165) is 13.1 Å². The molecule has 0 radical (unpaired) electrons. The Kier molecular flexibility index (Phi) is 3.31. The molecule has 1 atom stereocenters. The SMILES string of the molecule is CC1=NNC(NCCN(C)C)O1. The van der Waals surface area contributed by atoms with E-state index in [-0.39, 0.29) is 6.35 Å². The zero-order valence-electron chi connectivity index (χ0n) is 7.79. The minimum Gasteiger partial charge on any atom is -0.441 e. The molecule has 0 aromatic carbocycles. The number of hydrogen-bond acceptors (Lipinski definition) is 5. The van der Waals surface area contributed by atoms with E-state index in [1.54, 1.807) is 0 Å². The van der Waals surface area contributed by atoms with Gasteiger partial charge in [-0.05, 0) is 14.1 Å². The normalized spacial score (nSPS) is 22.0. The standard InChI is InChI=1S/C7H16N4O/c1-6-9-10-7(12-6)8-4-5-11(2)3/h7-8,10H,4-5H2,1-3H3. The molecule has 70 valence electrons. The van der Waals surface area contributed by atoms with Gasteiger partial charge in [0.2, 0.25) is 12.2 Å². The van der Waals surface area contributed by atoms with Gasteiger partial charge in [-0.2, -0.15) is 0 Å². The van der Waals surface area contributed by atoms with Crippen molar-refractivity contribution in [1.29, 1.82) is 0 Å². The zero-order chi connectivity index (χ0) is 8.97. The average Bonchev–Trinajstić information content (AvgIpc) is 2.35. The summed E-state index contributed by atoms with van der Waals surface area (Å²) in [5.41, 5.74) is 2.82. The predicted molar refractivity (Wildman–Crippen MR) is 47.7 cm³/mol. The van der Waals surface area contributed by atoms with Crippen LogP contribution in [0.15, 0.2) is 5.10 Å². The molecule has 5 nitrogen and oxygen atoms in total. The van der Waals surface area contributed by atoms with E-state index in [9.17, 15) is 0 Å². The van der Waals surface area contributed by atoms with Gasteiger partial charge < -0.3 is 9.64 Å². The molecule has 1 unspecified atom stereocenters. The van der Waals surface area contributed by atoms with Crippen LogP contribution in [0.5, 0.6) is 0 Å². The Morgan fingerprint density at radius 2 is 2.42 bits per heavy atom. The lowest BCUT2D eigenvalue weighted by atomic mass is 10.6. The number of rotatable bonds is 4. The van der Waals surface area contributed by atoms with Crippen molar-refractivity contribution in [2.75, 3.05) is 27.2 Å². The monoisotopic (exact) mass is 172 g/mol. The third-order valence-corrected chi connectivity index (χ3v) is 1.52. The minimum absolute atomic E-state index is 0.148. The fourth-order valence-electron chi connectivity index (χ4n) is 0.879. The van der Waals surface area contributed by atoms with Crippen LogP contribution >= 0.6 is 0 Å². The van der Waals surface area contributed by atoms with Crippen LogP contribution in [0.3, 0.4) is 0 Å². The van der Waals surface area contributed by atoms with Crippen LogP contribution in [0.4, 0.5) is 0 Å². The molecular weight excluding hydrogens is 156 g/mol. The third kappa shape index (κ3) is 3.06. The first-order valence-corrected chi connectivity index (χ1v) is 4.03. The van der Waals surface area contributed by atoms with Crippen molar-refractivity contribution in [3.05, 3.63) is 0 Å². The number of hydrazone groups is 1. The molecule has 0 saturated heterocycles. The van der Waals surface area contributed by atoms with E-state index in [4.69, 9.17) is 4.74 Å². The topological polar surface area (TPSA) is 48.9 Å². The number of ether oxygens (including phenoxy) is 1. The van der Waals surface area contributed by atoms with Gasteiger partial charge in [0.25, 0.3) is 0 Å². The Labute approximate surface area is 72.8 Å². The number of hydrogen-bond donors (Lipinski definition) is 2. The van der Waals surface area contributed by atoms with E-state index in [0.29, 0.717) is 5.90 Å². The van der Waals surface area contributed by atoms with Crippen molar-refractivity contribution in [3.63, 3.8) is 0 Å². The number of likely N-dealkylation sites (N-methyl/N-ethyl adjacent to an activating group) is 1. The molecule has 1 aliphatic rings. The molecule has 0 fully saturated rings. The van der Waals surface area contributed by atoms with Crippen molar-refractivity contribution in [2.45, 2.75) is 13.3 Å². The van der Waals surface area contributed by atoms with Gasteiger partial charge in [-0.25, -0.2) is 0 Å². The van der Waals surface area contributed by atoms with Gasteiger partial charge in [-0.15, -0.1) is 5.10 Å². The highest BCUT2D eigenvalue weighted by atomic mass is 16.5. The lowest BCUT2D eigenvalue weighted by Crippen LogP contribution is -2.41. The molecule has 1 rings (SSSR count). The summed E-state index contributed by atoms with van der Waals surface area (Å²) in [4.78, 5) is 2.11. The highest BCUT2D eigenvalue weighted by Crippen LogP contribution is 1.93. The molecule has 0 bridgehead atoms. The molecule has 5 heteroatoms. The second-order valence-electron chi connectivity index (χ2n) is 3.02. The van der Waals surface area contributed by atoms with Crippen LogP contribution < -0.4 is 10.7 Å². The maximum absolute atomic E-state index is 5.25. The lowest BCUT2D eigenvalue weighted by Gasteiger charge is -2.14. The van der Waals surface area contributed by atoms with Crippen LogP contribution in [-0.2, 0) is 4.74 Å². The van der Waals surface area contributed by atoms with E-state index < -0.39 is 0 Å². The highest BCUT2D eigenvalue weighted by molar-refractivity contribution is 5.73. The zero-order valence-corrected chi connectivity index (χ0v) is 7.79. The number of nitrogens with one attached hydrogen (secondary N) is 2. The molecule has 0 amide bonds. The van der Waals surface area contributed by atoms with Crippen molar-refractivity contribution >= 4 is 5.90 Å². The van der Waals surface area contributed by atoms with E-state index in [2.05, 4.69) is 20.7 Å². The van der Waals surface area contributed by atoms with Gasteiger partial charge in [-0.3, -0.25) is 10.7 Å². The Morgan fingerprint density at radius 3 is 2.92 bits per heavy atom. The molecular formula is C7H16N4O. The van der Waals surface area contributed by atoms with Gasteiger partial charge in [0.15, 0.2) is 0 Å². The summed E-state index contributed by atoms with van der Waals surface area (Å²) >= 11 is 0. The van der Waals surface area contributed by atoms with Gasteiger partial charge >= 0.3 is 0 Å². The van der Waals surface area contributed by atoms with Gasteiger partial charge in [0.05, 0.1) is 0 Å². The lowest BCUT2D eigenvalue weighted by molar-refractivity contribution is 0.143. The first-order chi connectivity index (χ1) is 5.68. The second kappa shape index (κ2) is 4.27. The summed E-state index contributed by atoms with van der Waals surface area (Å²) in [7, 11) is 4.07. The van der Waals surface area contributed by atoms with Crippen LogP contribution in [0.2, 0.25) is 0 Å². The molecule has 2 N–H and O–H groups in total. The van der Waals surface area contributed by atoms with Crippen molar-refractivity contribution < 1.29 is 4.74 Å². The molecule has 1 heterocycles. The van der Waals surface area contributed by atoms with Crippen molar-refractivity contribution in [3.8, 4) is 0 Å². The Balaban J connectivity index is 2.02. The molecule has 0 aliphatic carbocycles. The molecule has 12 heavy (non-hydrogen) atoms. The van der Waals surface area contributed by atoms with Gasteiger partial charge in [0, 0.05) is 20.0 Å². The molecule has 1 aliphatic heterocycles. The van der Waals surface area contributed by atoms with Gasteiger partial charge in [-0.1, -0.05) is 0 Å². The summed E-state index contributed by atoms with van der Waals surface area (Å²) in [6.45, 7) is 3.69. The predicted octanol–water partition coefficient (Wildman–Crippen LogP) is -0.626. The van der Waals surface area contributed by atoms with Crippen molar-refractivity contribution in [1.82, 2.24) is 15.6 Å². The minimum atomic E-state index is -0.148. The van der Waals surface area contributed by atoms with E-state index in [1.807, 2.05) is 21.0 Å².